The van der Waals surface area contributed by atoms with Gasteiger partial charge in [-0.3, -0.25) is 4.98 Å². The lowest BCUT2D eigenvalue weighted by Gasteiger charge is -2.33. The van der Waals surface area contributed by atoms with Gasteiger partial charge < -0.3 is 19.7 Å². The Morgan fingerprint density at radius 3 is 2.82 bits per heavy atom. The van der Waals surface area contributed by atoms with E-state index in [0.717, 1.165) is 11.0 Å². The molecule has 1 saturated heterocycles. The van der Waals surface area contributed by atoms with Crippen LogP contribution in [0.3, 0.4) is 0 Å². The number of hydrogen-bond acceptors (Lipinski definition) is 4. The Morgan fingerprint density at radius 1 is 1.55 bits per heavy atom. The predicted octanol–water partition coefficient (Wildman–Crippen LogP) is 1.73. The fourth-order valence-corrected chi connectivity index (χ4v) is 2.27. The van der Waals surface area contributed by atoms with E-state index in [2.05, 4.69) is 30.7 Å². The van der Waals surface area contributed by atoms with Crippen LogP contribution in [0.2, 0.25) is 0 Å². The van der Waals surface area contributed by atoms with E-state index in [1.165, 1.54) is 0 Å². The molecule has 0 saturated carbocycles. The van der Waals surface area contributed by atoms with Crippen molar-refractivity contribution >= 4 is 18.7 Å². The van der Waals surface area contributed by atoms with E-state index in [0.29, 0.717) is 19.6 Å². The van der Waals surface area contributed by atoms with Gasteiger partial charge in [-0.15, -0.1) is 6.58 Å². The Balaban J connectivity index is 2.15. The van der Waals surface area contributed by atoms with Gasteiger partial charge in [0.15, 0.2) is 0 Å². The molecule has 7 heteroatoms. The molecule has 1 unspecified atom stereocenters. The van der Waals surface area contributed by atoms with Gasteiger partial charge in [-0.2, -0.15) is 0 Å². The second kappa shape index (κ2) is 6.94. The van der Waals surface area contributed by atoms with Crippen molar-refractivity contribution in [2.75, 3.05) is 13.2 Å². The standard InChI is InChI=1S/C15H21BN2O4/c1-4-5-13(18-14(19)20)11-6-12(8-17-7-11)16-21-9-15(2,3)10-22-16/h4,6-8,13,18H,1,5,9-10H2,2-3H3,(H,19,20). The molecule has 2 rings (SSSR count). The quantitative estimate of drug-likeness (QED) is 0.639. The highest BCUT2D eigenvalue weighted by Gasteiger charge is 2.34. The zero-order valence-electron chi connectivity index (χ0n) is 12.9. The molecular weight excluding hydrogens is 283 g/mol. The molecule has 1 aliphatic rings. The summed E-state index contributed by atoms with van der Waals surface area (Å²) in [5, 5.41) is 11.4. The number of carboxylic acid groups (broad SMARTS) is 1. The van der Waals surface area contributed by atoms with Crippen LogP contribution in [0.1, 0.15) is 31.9 Å². The number of nitrogens with one attached hydrogen (secondary N) is 1. The minimum Gasteiger partial charge on any atom is -0.465 e. The summed E-state index contributed by atoms with van der Waals surface area (Å²) in [5.41, 5.74) is 1.55. The molecule has 1 aromatic rings. The van der Waals surface area contributed by atoms with Crippen LogP contribution in [-0.4, -0.2) is 36.5 Å². The Kier molecular flexibility index (Phi) is 5.21. The van der Waals surface area contributed by atoms with E-state index >= 15 is 0 Å². The van der Waals surface area contributed by atoms with Crippen molar-refractivity contribution in [3.8, 4) is 0 Å². The predicted molar refractivity (Wildman–Crippen MR) is 84.0 cm³/mol. The normalized spacial score (nSPS) is 18.5. The van der Waals surface area contributed by atoms with Gasteiger partial charge in [0.1, 0.15) is 0 Å². The van der Waals surface area contributed by atoms with Gasteiger partial charge in [0.05, 0.1) is 6.04 Å². The second-order valence-electron chi connectivity index (χ2n) is 6.20. The third-order valence-corrected chi connectivity index (χ3v) is 3.41. The van der Waals surface area contributed by atoms with Crippen molar-refractivity contribution < 1.29 is 19.2 Å². The third-order valence-electron chi connectivity index (χ3n) is 3.41. The first kappa shape index (κ1) is 16.5. The molecule has 1 aromatic heterocycles. The molecule has 118 valence electrons. The van der Waals surface area contributed by atoms with E-state index in [9.17, 15) is 4.79 Å². The molecular formula is C15H21BN2O4. The Morgan fingerprint density at radius 2 is 2.23 bits per heavy atom. The first-order valence-corrected chi connectivity index (χ1v) is 7.20. The van der Waals surface area contributed by atoms with Crippen molar-refractivity contribution in [3.63, 3.8) is 0 Å². The first-order chi connectivity index (χ1) is 10.4. The van der Waals surface area contributed by atoms with Crippen LogP contribution in [0.15, 0.2) is 31.1 Å². The lowest BCUT2D eigenvalue weighted by atomic mass is 9.76. The molecule has 6 nitrogen and oxygen atoms in total. The van der Waals surface area contributed by atoms with Crippen molar-refractivity contribution in [2.45, 2.75) is 26.3 Å². The average molecular weight is 304 g/mol. The Bertz CT molecular complexity index is 540. The summed E-state index contributed by atoms with van der Waals surface area (Å²) in [5.74, 6) is 0. The highest BCUT2D eigenvalue weighted by molar-refractivity contribution is 6.61. The molecule has 2 N–H and O–H groups in total. The summed E-state index contributed by atoms with van der Waals surface area (Å²) in [6, 6.07) is 1.47. The molecule has 1 fully saturated rings. The van der Waals surface area contributed by atoms with Crippen LogP contribution in [-0.2, 0) is 9.31 Å². The maximum absolute atomic E-state index is 10.9. The van der Waals surface area contributed by atoms with Gasteiger partial charge in [0, 0.05) is 36.5 Å². The molecule has 1 aliphatic heterocycles. The zero-order chi connectivity index (χ0) is 16.2. The number of carbonyl (C=O) groups is 1. The van der Waals surface area contributed by atoms with E-state index in [4.69, 9.17) is 14.4 Å². The molecule has 2 heterocycles. The fourth-order valence-electron chi connectivity index (χ4n) is 2.27. The summed E-state index contributed by atoms with van der Waals surface area (Å²) in [6.07, 6.45) is 4.39. The molecule has 0 aromatic carbocycles. The number of amides is 1. The fraction of sp³-hybridized carbons (Fsp3) is 0.467. The molecule has 0 spiro atoms. The van der Waals surface area contributed by atoms with Crippen molar-refractivity contribution in [1.29, 1.82) is 0 Å². The lowest BCUT2D eigenvalue weighted by molar-refractivity contribution is 0.0343. The van der Waals surface area contributed by atoms with Gasteiger partial charge in [0.25, 0.3) is 0 Å². The number of hydrogen-bond donors (Lipinski definition) is 2. The van der Waals surface area contributed by atoms with Gasteiger partial charge in [-0.05, 0) is 12.0 Å². The average Bonchev–Trinajstić information content (AvgIpc) is 2.46. The minimum atomic E-state index is -1.08. The zero-order valence-corrected chi connectivity index (χ0v) is 12.9. The number of pyridine rings is 1. The van der Waals surface area contributed by atoms with E-state index in [1.54, 1.807) is 18.5 Å². The second-order valence-corrected chi connectivity index (χ2v) is 6.20. The summed E-state index contributed by atoms with van der Waals surface area (Å²) < 4.78 is 11.5. The smallest absolute Gasteiger partial charge is 0.465 e. The van der Waals surface area contributed by atoms with E-state index < -0.39 is 13.2 Å². The number of aromatic nitrogens is 1. The summed E-state index contributed by atoms with van der Waals surface area (Å²) >= 11 is 0. The summed E-state index contributed by atoms with van der Waals surface area (Å²) in [4.78, 5) is 15.1. The highest BCUT2D eigenvalue weighted by atomic mass is 16.6. The van der Waals surface area contributed by atoms with Crippen LogP contribution in [0.5, 0.6) is 0 Å². The molecule has 0 bridgehead atoms. The number of rotatable bonds is 5. The Hall–Kier alpha value is -1.86. The lowest BCUT2D eigenvalue weighted by Crippen LogP contribution is -2.47. The van der Waals surface area contributed by atoms with Crippen molar-refractivity contribution in [1.82, 2.24) is 10.3 Å². The first-order valence-electron chi connectivity index (χ1n) is 7.20. The topological polar surface area (TPSA) is 80.7 Å². The van der Waals surface area contributed by atoms with E-state index in [1.807, 2.05) is 6.07 Å². The molecule has 1 atom stereocenters. The number of nitrogens with zero attached hydrogens (tertiary/aromatic N) is 1. The summed E-state index contributed by atoms with van der Waals surface area (Å²) in [6.45, 7) is 9.02. The van der Waals surface area contributed by atoms with Gasteiger partial charge in [-0.25, -0.2) is 4.79 Å². The molecule has 1 amide bonds. The highest BCUT2D eigenvalue weighted by Crippen LogP contribution is 2.22. The Labute approximate surface area is 130 Å². The van der Waals surface area contributed by atoms with Crippen LogP contribution >= 0.6 is 0 Å². The SMILES string of the molecule is C=CCC(NC(=O)O)c1cncc(B2OCC(C)(C)CO2)c1. The minimum absolute atomic E-state index is 0.00221. The maximum Gasteiger partial charge on any atom is 0.495 e. The van der Waals surface area contributed by atoms with Crippen LogP contribution < -0.4 is 10.8 Å². The van der Waals surface area contributed by atoms with Gasteiger partial charge >= 0.3 is 13.2 Å². The van der Waals surface area contributed by atoms with Crippen LogP contribution in [0.25, 0.3) is 0 Å². The largest absolute Gasteiger partial charge is 0.495 e. The van der Waals surface area contributed by atoms with Crippen LogP contribution in [0.4, 0.5) is 4.79 Å². The molecule has 22 heavy (non-hydrogen) atoms. The van der Waals surface area contributed by atoms with Crippen LogP contribution in [0, 0.1) is 5.41 Å². The van der Waals surface area contributed by atoms with Gasteiger partial charge in [0.2, 0.25) is 0 Å². The van der Waals surface area contributed by atoms with Crippen molar-refractivity contribution in [2.24, 2.45) is 5.41 Å². The maximum atomic E-state index is 10.9. The van der Waals surface area contributed by atoms with Gasteiger partial charge in [-0.1, -0.05) is 26.0 Å². The van der Waals surface area contributed by atoms with Crippen molar-refractivity contribution in [3.05, 3.63) is 36.7 Å². The summed E-state index contributed by atoms with van der Waals surface area (Å²) in [7, 11) is -0.463. The monoisotopic (exact) mass is 304 g/mol. The third kappa shape index (κ3) is 4.32. The molecule has 0 aliphatic carbocycles. The molecule has 0 radical (unpaired) electrons. The van der Waals surface area contributed by atoms with E-state index in [-0.39, 0.29) is 11.5 Å².